The Kier molecular flexibility index (Phi) is 8.65. The Morgan fingerprint density at radius 2 is 1.84 bits per heavy atom. The summed E-state index contributed by atoms with van der Waals surface area (Å²) >= 11 is 0. The molecule has 1 aromatic heterocycles. The molecule has 1 aliphatic heterocycles. The first-order chi connectivity index (χ1) is 18.4. The van der Waals surface area contributed by atoms with Gasteiger partial charge < -0.3 is 26.0 Å². The van der Waals surface area contributed by atoms with Gasteiger partial charge in [0.25, 0.3) is 0 Å². The van der Waals surface area contributed by atoms with E-state index >= 15 is 0 Å². The number of benzene rings is 2. The maximum Gasteiger partial charge on any atom is 0.319 e. The minimum absolute atomic E-state index is 0.334. The zero-order chi connectivity index (χ0) is 26.9. The largest absolute Gasteiger partial charge is 0.481 e. The van der Waals surface area contributed by atoms with Crippen LogP contribution in [0.15, 0.2) is 73.1 Å². The fraction of sp³-hybridized carbons (Fsp3) is 0.250. The summed E-state index contributed by atoms with van der Waals surface area (Å²) in [5.74, 6) is -2.07. The summed E-state index contributed by atoms with van der Waals surface area (Å²) in [5, 5.41) is 17.5. The van der Waals surface area contributed by atoms with E-state index in [1.807, 2.05) is 36.4 Å². The average Bonchev–Trinajstić information content (AvgIpc) is 2.92. The van der Waals surface area contributed by atoms with Crippen LogP contribution in [-0.4, -0.2) is 40.5 Å². The van der Waals surface area contributed by atoms with Crippen LogP contribution in [0.2, 0.25) is 0 Å². The average molecular weight is 516 g/mol. The second kappa shape index (κ2) is 12.5. The molecular weight excluding hydrogens is 486 g/mol. The number of nitrogens with zero attached hydrogens (tertiary/aromatic N) is 2. The van der Waals surface area contributed by atoms with Gasteiger partial charge in [-0.1, -0.05) is 42.5 Å². The first-order valence-corrected chi connectivity index (χ1v) is 12.3. The molecule has 0 bridgehead atoms. The second-order valence-corrected chi connectivity index (χ2v) is 8.97. The fourth-order valence-corrected chi connectivity index (χ4v) is 4.35. The number of carboxylic acid groups (broad SMARTS) is 1. The number of carbonyl (C=O) groups excluding carboxylic acids is 3. The molecule has 0 saturated heterocycles. The number of rotatable bonds is 9. The lowest BCUT2D eigenvalue weighted by Gasteiger charge is -2.30. The summed E-state index contributed by atoms with van der Waals surface area (Å²) in [5.41, 5.74) is 3.62. The molecule has 4 N–H and O–H groups in total. The van der Waals surface area contributed by atoms with Crippen molar-refractivity contribution >= 4 is 35.2 Å². The van der Waals surface area contributed by atoms with Crippen LogP contribution in [-0.2, 0) is 27.3 Å². The normalized spacial score (nSPS) is 13.1. The topological polar surface area (TPSA) is 141 Å². The van der Waals surface area contributed by atoms with Crippen molar-refractivity contribution in [2.24, 2.45) is 0 Å². The highest BCUT2D eigenvalue weighted by atomic mass is 16.4. The van der Waals surface area contributed by atoms with Crippen molar-refractivity contribution < 1.29 is 24.3 Å². The van der Waals surface area contributed by atoms with Crippen molar-refractivity contribution in [2.45, 2.75) is 38.3 Å². The molecule has 1 atom stereocenters. The molecule has 0 radical (unpaired) electrons. The van der Waals surface area contributed by atoms with Crippen molar-refractivity contribution in [1.29, 1.82) is 0 Å². The number of hydrogen-bond acceptors (Lipinski definition) is 5. The first kappa shape index (κ1) is 26.3. The van der Waals surface area contributed by atoms with Crippen LogP contribution >= 0.6 is 0 Å². The van der Waals surface area contributed by atoms with E-state index in [9.17, 15) is 24.3 Å². The van der Waals surface area contributed by atoms with Crippen LogP contribution in [0.4, 0.5) is 16.2 Å². The predicted molar refractivity (Wildman–Crippen MR) is 141 cm³/mol. The number of aryl methyl sites for hydroxylation is 1. The lowest BCUT2D eigenvalue weighted by atomic mass is 10.0. The highest BCUT2D eigenvalue weighted by Gasteiger charge is 2.26. The minimum atomic E-state index is -1.08. The van der Waals surface area contributed by atoms with E-state index in [-0.39, 0.29) is 12.5 Å². The van der Waals surface area contributed by atoms with Crippen molar-refractivity contribution in [3.8, 4) is 0 Å². The molecule has 1 aliphatic rings. The zero-order valence-electron chi connectivity index (χ0n) is 20.7. The minimum Gasteiger partial charge on any atom is -0.481 e. The molecule has 3 aromatic rings. The number of nitrogens with one attached hydrogen (secondary N) is 3. The molecule has 196 valence electrons. The van der Waals surface area contributed by atoms with Crippen LogP contribution in [0.1, 0.15) is 42.0 Å². The smallest absolute Gasteiger partial charge is 0.319 e. The molecule has 0 saturated carbocycles. The van der Waals surface area contributed by atoms with Crippen molar-refractivity contribution in [3.63, 3.8) is 0 Å². The molecule has 10 nitrogen and oxygen atoms in total. The number of carbonyl (C=O) groups is 4. The summed E-state index contributed by atoms with van der Waals surface area (Å²) in [4.78, 5) is 55.1. The molecule has 4 amide bonds. The Labute approximate surface area is 220 Å². The van der Waals surface area contributed by atoms with Crippen molar-refractivity contribution in [1.82, 2.24) is 15.6 Å². The lowest BCUT2D eigenvalue weighted by molar-refractivity contribution is -0.137. The van der Waals surface area contributed by atoms with Crippen LogP contribution < -0.4 is 20.9 Å². The number of fused-ring (bicyclic) bond motifs is 1. The number of aromatic nitrogens is 1. The Balaban J connectivity index is 1.39. The Hall–Kier alpha value is -4.73. The van der Waals surface area contributed by atoms with Crippen molar-refractivity contribution in [2.75, 3.05) is 16.8 Å². The summed E-state index contributed by atoms with van der Waals surface area (Å²) in [6.07, 6.45) is 3.78. The number of hydrogen-bond donors (Lipinski definition) is 4. The van der Waals surface area contributed by atoms with Crippen LogP contribution in [0, 0.1) is 0 Å². The molecule has 0 fully saturated rings. The molecule has 0 spiro atoms. The number of pyridine rings is 1. The number of carboxylic acids is 1. The molecule has 2 heterocycles. The van der Waals surface area contributed by atoms with Gasteiger partial charge in [-0.05, 0) is 47.7 Å². The number of amides is 4. The summed E-state index contributed by atoms with van der Waals surface area (Å²) in [6.45, 7) is 0.809. The van der Waals surface area contributed by atoms with E-state index < -0.39 is 30.2 Å². The molecule has 4 rings (SSSR count). The summed E-state index contributed by atoms with van der Waals surface area (Å²) in [7, 11) is 0. The Morgan fingerprint density at radius 3 is 2.58 bits per heavy atom. The maximum atomic E-state index is 13.1. The highest BCUT2D eigenvalue weighted by molar-refractivity contribution is 6.06. The molecule has 38 heavy (non-hydrogen) atoms. The van der Waals surface area contributed by atoms with E-state index in [1.165, 1.54) is 6.20 Å². The standard InChI is InChI=1S/C28H29N5O5/c34-25(32-23(15-27(36)37)21-8-4-12-29-18-21)16-26(35)33-13-5-9-20-10-11-22(14-24(20)33)31-28(38)30-17-19-6-2-1-3-7-19/h1-4,6-8,10-12,14,18,23H,5,9,13,15-17H2,(H,32,34)(H,36,37)(H2,30,31,38). The lowest BCUT2D eigenvalue weighted by Crippen LogP contribution is -2.40. The van der Waals surface area contributed by atoms with Crippen LogP contribution in [0.25, 0.3) is 0 Å². The quantitative estimate of drug-likeness (QED) is 0.322. The SMILES string of the molecule is O=C(O)CC(NC(=O)CC(=O)N1CCCc2ccc(NC(=O)NCc3ccccc3)cc21)c1cccnc1. The van der Waals surface area contributed by atoms with Gasteiger partial charge in [-0.2, -0.15) is 0 Å². The van der Waals surface area contributed by atoms with Crippen LogP contribution in [0.3, 0.4) is 0 Å². The summed E-state index contributed by atoms with van der Waals surface area (Å²) < 4.78 is 0. The van der Waals surface area contributed by atoms with Crippen molar-refractivity contribution in [3.05, 3.63) is 89.7 Å². The van der Waals surface area contributed by atoms with Gasteiger partial charge in [0, 0.05) is 36.9 Å². The third kappa shape index (κ3) is 7.16. The molecular formula is C28H29N5O5. The summed E-state index contributed by atoms with van der Waals surface area (Å²) in [6, 6.07) is 17.1. The third-order valence-corrected chi connectivity index (χ3v) is 6.17. The fourth-order valence-electron chi connectivity index (χ4n) is 4.35. The molecule has 0 aliphatic carbocycles. The van der Waals surface area contributed by atoms with Gasteiger partial charge >= 0.3 is 12.0 Å². The monoisotopic (exact) mass is 515 g/mol. The molecule has 1 unspecified atom stereocenters. The van der Waals surface area contributed by atoms with E-state index in [4.69, 9.17) is 0 Å². The number of aliphatic carboxylic acids is 1. The van der Waals surface area contributed by atoms with Gasteiger partial charge in [0.2, 0.25) is 11.8 Å². The highest BCUT2D eigenvalue weighted by Crippen LogP contribution is 2.30. The van der Waals surface area contributed by atoms with Gasteiger partial charge in [-0.3, -0.25) is 19.4 Å². The van der Waals surface area contributed by atoms with Gasteiger partial charge in [-0.25, -0.2) is 4.79 Å². The van der Waals surface area contributed by atoms with Gasteiger partial charge in [0.05, 0.1) is 12.5 Å². The second-order valence-electron chi connectivity index (χ2n) is 8.97. The Morgan fingerprint density at radius 1 is 1.03 bits per heavy atom. The van der Waals surface area contributed by atoms with E-state index in [2.05, 4.69) is 20.9 Å². The van der Waals surface area contributed by atoms with Gasteiger partial charge in [-0.15, -0.1) is 0 Å². The molecule has 10 heteroatoms. The zero-order valence-corrected chi connectivity index (χ0v) is 20.7. The molecule has 2 aromatic carbocycles. The first-order valence-electron chi connectivity index (χ1n) is 12.3. The van der Waals surface area contributed by atoms with E-state index in [0.717, 1.165) is 24.0 Å². The maximum absolute atomic E-state index is 13.1. The number of urea groups is 1. The number of anilines is 2. The van der Waals surface area contributed by atoms with E-state index in [0.29, 0.717) is 30.0 Å². The third-order valence-electron chi connectivity index (χ3n) is 6.17. The van der Waals surface area contributed by atoms with E-state index in [1.54, 1.807) is 35.4 Å². The Bertz CT molecular complexity index is 1300. The van der Waals surface area contributed by atoms with Gasteiger partial charge in [0.15, 0.2) is 0 Å². The van der Waals surface area contributed by atoms with Crippen LogP contribution in [0.5, 0.6) is 0 Å². The van der Waals surface area contributed by atoms with Gasteiger partial charge in [0.1, 0.15) is 6.42 Å². The predicted octanol–water partition coefficient (Wildman–Crippen LogP) is 3.40.